The highest BCUT2D eigenvalue weighted by molar-refractivity contribution is 7.98. The summed E-state index contributed by atoms with van der Waals surface area (Å²) in [5.74, 6) is 1.85. The van der Waals surface area contributed by atoms with Crippen LogP contribution >= 0.6 is 23.1 Å². The van der Waals surface area contributed by atoms with E-state index in [1.54, 1.807) is 11.3 Å². The average molecular weight is 285 g/mol. The van der Waals surface area contributed by atoms with Crippen molar-refractivity contribution in [1.29, 1.82) is 0 Å². The molecule has 1 aromatic rings. The quantitative estimate of drug-likeness (QED) is 0.836. The van der Waals surface area contributed by atoms with Crippen LogP contribution in [0.4, 0.5) is 5.13 Å². The molecule has 5 heteroatoms. The topological polar surface area (TPSA) is 42.2 Å². The molecule has 102 valence electrons. The second-order valence-corrected chi connectivity index (χ2v) is 6.88. The van der Waals surface area contributed by atoms with Gasteiger partial charge in [0, 0.05) is 36.2 Å². The highest BCUT2D eigenvalue weighted by Gasteiger charge is 2.30. The van der Waals surface area contributed by atoms with Gasteiger partial charge < -0.3 is 10.6 Å². The molecule has 1 unspecified atom stereocenters. The Morgan fingerprint density at radius 2 is 2.28 bits per heavy atom. The van der Waals surface area contributed by atoms with Crippen LogP contribution in [0.3, 0.4) is 0 Å². The SMILES string of the molecule is CCC(CSC)N(C)c1nc(C2CC2)c(CN)s1. The number of thioether (sulfide) groups is 1. The Labute approximate surface area is 118 Å². The maximum atomic E-state index is 5.84. The molecule has 1 aliphatic carbocycles. The van der Waals surface area contributed by atoms with Crippen molar-refractivity contribution in [1.82, 2.24) is 4.98 Å². The minimum absolute atomic E-state index is 0.573. The zero-order valence-electron chi connectivity index (χ0n) is 11.5. The summed E-state index contributed by atoms with van der Waals surface area (Å²) in [6.07, 6.45) is 5.91. The minimum Gasteiger partial charge on any atom is -0.347 e. The molecule has 2 N–H and O–H groups in total. The molecule has 2 rings (SSSR count). The first-order chi connectivity index (χ1) is 8.71. The molecule has 1 fully saturated rings. The van der Waals surface area contributed by atoms with Gasteiger partial charge in [-0.15, -0.1) is 11.3 Å². The van der Waals surface area contributed by atoms with Crippen molar-refractivity contribution < 1.29 is 0 Å². The van der Waals surface area contributed by atoms with Crippen molar-refractivity contribution >= 4 is 28.2 Å². The van der Waals surface area contributed by atoms with Crippen LogP contribution in [-0.4, -0.2) is 30.1 Å². The normalized spacial score (nSPS) is 16.9. The van der Waals surface area contributed by atoms with Gasteiger partial charge >= 0.3 is 0 Å². The van der Waals surface area contributed by atoms with Crippen LogP contribution in [0, 0.1) is 0 Å². The molecule has 1 aliphatic rings. The van der Waals surface area contributed by atoms with Gasteiger partial charge in [0.05, 0.1) is 5.69 Å². The molecular weight excluding hydrogens is 262 g/mol. The predicted octanol–water partition coefficient (Wildman–Crippen LogP) is 3.06. The third kappa shape index (κ3) is 3.00. The zero-order valence-corrected chi connectivity index (χ0v) is 13.1. The molecule has 18 heavy (non-hydrogen) atoms. The molecule has 1 aromatic heterocycles. The smallest absolute Gasteiger partial charge is 0.185 e. The Morgan fingerprint density at radius 1 is 1.56 bits per heavy atom. The molecule has 0 spiro atoms. The Balaban J connectivity index is 2.16. The van der Waals surface area contributed by atoms with E-state index >= 15 is 0 Å². The lowest BCUT2D eigenvalue weighted by Gasteiger charge is -2.26. The second kappa shape index (κ2) is 6.26. The van der Waals surface area contributed by atoms with Gasteiger partial charge in [-0.25, -0.2) is 4.98 Å². The summed E-state index contributed by atoms with van der Waals surface area (Å²) in [5.41, 5.74) is 7.13. The molecule has 0 aliphatic heterocycles. The van der Waals surface area contributed by atoms with Crippen LogP contribution in [-0.2, 0) is 6.54 Å². The van der Waals surface area contributed by atoms with Gasteiger partial charge in [0.2, 0.25) is 0 Å². The van der Waals surface area contributed by atoms with Crippen molar-refractivity contribution in [3.8, 4) is 0 Å². The maximum absolute atomic E-state index is 5.84. The van der Waals surface area contributed by atoms with Gasteiger partial charge in [0.1, 0.15) is 0 Å². The first-order valence-electron chi connectivity index (χ1n) is 6.62. The van der Waals surface area contributed by atoms with E-state index < -0.39 is 0 Å². The van der Waals surface area contributed by atoms with Crippen LogP contribution in [0.15, 0.2) is 0 Å². The number of hydrogen-bond acceptors (Lipinski definition) is 5. The second-order valence-electron chi connectivity index (χ2n) is 4.91. The predicted molar refractivity (Wildman–Crippen MR) is 82.8 cm³/mol. The van der Waals surface area contributed by atoms with E-state index in [-0.39, 0.29) is 0 Å². The van der Waals surface area contributed by atoms with Gasteiger partial charge in [-0.05, 0) is 25.5 Å². The van der Waals surface area contributed by atoms with Crippen LogP contribution in [0.1, 0.15) is 42.7 Å². The fourth-order valence-corrected chi connectivity index (χ4v) is 4.08. The maximum Gasteiger partial charge on any atom is 0.185 e. The van der Waals surface area contributed by atoms with Crippen LogP contribution in [0.5, 0.6) is 0 Å². The zero-order chi connectivity index (χ0) is 13.1. The van der Waals surface area contributed by atoms with Gasteiger partial charge in [0.15, 0.2) is 5.13 Å². The molecule has 1 saturated carbocycles. The largest absolute Gasteiger partial charge is 0.347 e. The lowest BCUT2D eigenvalue weighted by Crippen LogP contribution is -2.33. The van der Waals surface area contributed by atoms with Crippen molar-refractivity contribution in [3.63, 3.8) is 0 Å². The van der Waals surface area contributed by atoms with E-state index in [9.17, 15) is 0 Å². The average Bonchev–Trinajstić information content (AvgIpc) is 3.14. The highest BCUT2D eigenvalue weighted by Crippen LogP contribution is 2.44. The Bertz CT molecular complexity index is 388. The summed E-state index contributed by atoms with van der Waals surface area (Å²) in [7, 11) is 2.17. The molecule has 3 nitrogen and oxygen atoms in total. The van der Waals surface area contributed by atoms with Crippen molar-refractivity contribution in [2.75, 3.05) is 24.0 Å². The van der Waals surface area contributed by atoms with Crippen molar-refractivity contribution in [2.45, 2.75) is 44.7 Å². The number of rotatable bonds is 7. The molecule has 0 amide bonds. The van der Waals surface area contributed by atoms with Crippen LogP contribution in [0.25, 0.3) is 0 Å². The highest BCUT2D eigenvalue weighted by atomic mass is 32.2. The summed E-state index contributed by atoms with van der Waals surface area (Å²) in [4.78, 5) is 8.48. The number of thiazole rings is 1. The first kappa shape index (κ1) is 14.2. The molecule has 0 radical (unpaired) electrons. The number of nitrogens with zero attached hydrogens (tertiary/aromatic N) is 2. The van der Waals surface area contributed by atoms with E-state index in [1.807, 2.05) is 11.8 Å². The number of aromatic nitrogens is 1. The number of nitrogens with two attached hydrogens (primary N) is 1. The van der Waals surface area contributed by atoms with Crippen LogP contribution in [0.2, 0.25) is 0 Å². The number of hydrogen-bond donors (Lipinski definition) is 1. The van der Waals surface area contributed by atoms with Crippen molar-refractivity contribution in [3.05, 3.63) is 10.6 Å². The Hall–Kier alpha value is -0.260. The third-order valence-electron chi connectivity index (χ3n) is 3.55. The molecule has 1 heterocycles. The van der Waals surface area contributed by atoms with E-state index in [4.69, 9.17) is 10.7 Å². The van der Waals surface area contributed by atoms with Gasteiger partial charge in [-0.1, -0.05) is 6.92 Å². The molecule has 1 atom stereocenters. The lowest BCUT2D eigenvalue weighted by molar-refractivity contribution is 0.670. The Kier molecular flexibility index (Phi) is 4.92. The third-order valence-corrected chi connectivity index (χ3v) is 5.45. The lowest BCUT2D eigenvalue weighted by atomic mass is 10.2. The van der Waals surface area contributed by atoms with E-state index in [2.05, 4.69) is 25.1 Å². The summed E-state index contributed by atoms with van der Waals surface area (Å²) < 4.78 is 0. The van der Waals surface area contributed by atoms with Gasteiger partial charge in [-0.2, -0.15) is 11.8 Å². The van der Waals surface area contributed by atoms with Gasteiger partial charge in [0.25, 0.3) is 0 Å². The summed E-state index contributed by atoms with van der Waals surface area (Å²) in [5, 5.41) is 1.15. The van der Waals surface area contributed by atoms with E-state index in [0.29, 0.717) is 18.5 Å². The van der Waals surface area contributed by atoms with E-state index in [0.717, 1.165) is 17.3 Å². The number of anilines is 1. The monoisotopic (exact) mass is 285 g/mol. The summed E-state index contributed by atoms with van der Waals surface area (Å²) in [6, 6.07) is 0.573. The standard InChI is InChI=1S/C13H23N3S2/c1-4-10(8-17-3)16(2)13-15-12(9-5-6-9)11(7-14)18-13/h9-10H,4-8,14H2,1-3H3. The fraction of sp³-hybridized carbons (Fsp3) is 0.769. The van der Waals surface area contributed by atoms with Gasteiger partial charge in [-0.3, -0.25) is 0 Å². The fourth-order valence-electron chi connectivity index (χ4n) is 2.18. The van der Waals surface area contributed by atoms with Crippen LogP contribution < -0.4 is 10.6 Å². The van der Waals surface area contributed by atoms with Crippen molar-refractivity contribution in [2.24, 2.45) is 5.73 Å². The summed E-state index contributed by atoms with van der Waals surface area (Å²) in [6.45, 7) is 2.88. The first-order valence-corrected chi connectivity index (χ1v) is 8.83. The Morgan fingerprint density at radius 3 is 2.78 bits per heavy atom. The molecular formula is C13H23N3S2. The molecule has 0 bridgehead atoms. The minimum atomic E-state index is 0.573. The molecule has 0 aromatic carbocycles. The summed E-state index contributed by atoms with van der Waals surface area (Å²) >= 11 is 3.69. The van der Waals surface area contributed by atoms with E-state index in [1.165, 1.54) is 23.4 Å². The molecule has 0 saturated heterocycles.